The van der Waals surface area contributed by atoms with Crippen LogP contribution in [-0.2, 0) is 24.3 Å². The molecule has 0 aliphatic carbocycles. The highest BCUT2D eigenvalue weighted by Crippen LogP contribution is 2.14. The minimum Gasteiger partial charge on any atom is -0.393 e. The molecule has 31 heavy (non-hydrogen) atoms. The van der Waals surface area contributed by atoms with Crippen LogP contribution in [0.2, 0.25) is 0 Å². The van der Waals surface area contributed by atoms with Crippen LogP contribution in [0.5, 0.6) is 0 Å². The highest BCUT2D eigenvalue weighted by molar-refractivity contribution is 5.76. The molecular weight excluding hydrogens is 388 g/mol. The van der Waals surface area contributed by atoms with Gasteiger partial charge in [0.15, 0.2) is 0 Å². The molecule has 0 unspecified atom stereocenters. The molecule has 6 nitrogen and oxygen atoms in total. The second-order valence-electron chi connectivity index (χ2n) is 8.23. The van der Waals surface area contributed by atoms with E-state index in [0.29, 0.717) is 19.4 Å². The molecule has 0 radical (unpaired) electrons. The maximum Gasteiger partial charge on any atom is 0.220 e. The Bertz CT molecular complexity index is 961. The van der Waals surface area contributed by atoms with Crippen LogP contribution in [-0.4, -0.2) is 44.9 Å². The van der Waals surface area contributed by atoms with Crippen molar-refractivity contribution >= 4 is 5.91 Å². The van der Waals surface area contributed by atoms with Crippen LogP contribution < -0.4 is 5.32 Å². The third kappa shape index (κ3) is 6.26. The summed E-state index contributed by atoms with van der Waals surface area (Å²) in [6.07, 6.45) is 6.49. The average molecular weight is 419 g/mol. The van der Waals surface area contributed by atoms with Crippen LogP contribution in [0.15, 0.2) is 67.0 Å². The molecule has 2 N–H and O–H groups in total. The smallest absolute Gasteiger partial charge is 0.220 e. The van der Waals surface area contributed by atoms with Gasteiger partial charge in [0.2, 0.25) is 5.91 Å². The third-order valence-electron chi connectivity index (χ3n) is 5.77. The molecule has 4 rings (SSSR count). The van der Waals surface area contributed by atoms with Crippen molar-refractivity contribution in [3.63, 3.8) is 0 Å². The quantitative estimate of drug-likeness (QED) is 0.590. The molecule has 2 aromatic carbocycles. The van der Waals surface area contributed by atoms with Crippen molar-refractivity contribution in [2.24, 2.45) is 0 Å². The molecule has 1 amide bonds. The molecule has 3 aromatic rings. The second-order valence-corrected chi connectivity index (χ2v) is 8.23. The predicted octanol–water partition coefficient (Wildman–Crippen LogP) is 3.08. The lowest BCUT2D eigenvalue weighted by atomic mass is 10.1. The number of hydrogen-bond acceptors (Lipinski definition) is 4. The molecule has 162 valence electrons. The van der Waals surface area contributed by atoms with E-state index in [1.165, 1.54) is 5.56 Å². The third-order valence-corrected chi connectivity index (χ3v) is 5.77. The average Bonchev–Trinajstić information content (AvgIpc) is 3.28. The number of nitrogens with zero attached hydrogens (tertiary/aromatic N) is 3. The SMILES string of the molecule is O=C(CCc1cnn(-c2ccccc2)c1)NCc1ccc(CN2CCC(O)CC2)cc1. The van der Waals surface area contributed by atoms with Gasteiger partial charge < -0.3 is 10.4 Å². The maximum absolute atomic E-state index is 12.3. The van der Waals surface area contributed by atoms with E-state index in [1.54, 1.807) is 0 Å². The van der Waals surface area contributed by atoms with Crippen LogP contribution in [0.4, 0.5) is 0 Å². The number of rotatable bonds is 8. The van der Waals surface area contributed by atoms with Gasteiger partial charge in [-0.2, -0.15) is 5.10 Å². The van der Waals surface area contributed by atoms with Crippen LogP contribution in [0.1, 0.15) is 36.0 Å². The largest absolute Gasteiger partial charge is 0.393 e. The molecule has 1 aliphatic heterocycles. The van der Waals surface area contributed by atoms with Gasteiger partial charge in [-0.25, -0.2) is 4.68 Å². The highest BCUT2D eigenvalue weighted by Gasteiger charge is 2.16. The van der Waals surface area contributed by atoms with E-state index < -0.39 is 0 Å². The number of para-hydroxylation sites is 1. The Balaban J connectivity index is 1.19. The Morgan fingerprint density at radius 1 is 1.00 bits per heavy atom. The van der Waals surface area contributed by atoms with Gasteiger partial charge in [0, 0.05) is 38.8 Å². The van der Waals surface area contributed by atoms with E-state index in [9.17, 15) is 9.90 Å². The predicted molar refractivity (Wildman–Crippen MR) is 121 cm³/mol. The summed E-state index contributed by atoms with van der Waals surface area (Å²) >= 11 is 0. The van der Waals surface area contributed by atoms with Crippen molar-refractivity contribution in [2.45, 2.75) is 44.9 Å². The van der Waals surface area contributed by atoms with E-state index >= 15 is 0 Å². The Morgan fingerprint density at radius 2 is 1.71 bits per heavy atom. The lowest BCUT2D eigenvalue weighted by molar-refractivity contribution is -0.121. The standard InChI is InChI=1S/C25H30N4O2/c30-24-12-14-28(15-13-24)18-21-8-6-20(7-9-21)16-26-25(31)11-10-22-17-27-29(19-22)23-4-2-1-3-5-23/h1-9,17,19,24,30H,10-16,18H2,(H,26,31). The van der Waals surface area contributed by atoms with Crippen molar-refractivity contribution in [1.29, 1.82) is 0 Å². The summed E-state index contributed by atoms with van der Waals surface area (Å²) in [5.41, 5.74) is 4.43. The number of carbonyl (C=O) groups excluding carboxylic acids is 1. The molecular formula is C25H30N4O2. The first kappa shape index (κ1) is 21.3. The molecule has 0 spiro atoms. The zero-order valence-electron chi connectivity index (χ0n) is 17.8. The van der Waals surface area contributed by atoms with Crippen LogP contribution >= 0.6 is 0 Å². The summed E-state index contributed by atoms with van der Waals surface area (Å²) in [6.45, 7) is 3.35. The van der Waals surface area contributed by atoms with Crippen LogP contribution in [0, 0.1) is 0 Å². The number of piperidine rings is 1. The second kappa shape index (κ2) is 10.4. The molecule has 1 saturated heterocycles. The van der Waals surface area contributed by atoms with Crippen molar-refractivity contribution < 1.29 is 9.90 Å². The van der Waals surface area contributed by atoms with E-state index in [4.69, 9.17) is 0 Å². The number of likely N-dealkylation sites (tertiary alicyclic amines) is 1. The Kier molecular flexibility index (Phi) is 7.12. The van der Waals surface area contributed by atoms with Crippen molar-refractivity contribution in [1.82, 2.24) is 20.0 Å². The zero-order valence-corrected chi connectivity index (χ0v) is 17.8. The summed E-state index contributed by atoms with van der Waals surface area (Å²) in [4.78, 5) is 14.6. The van der Waals surface area contributed by atoms with Crippen LogP contribution in [0.25, 0.3) is 5.69 Å². The first-order valence-corrected chi connectivity index (χ1v) is 11.0. The van der Waals surface area contributed by atoms with E-state index in [0.717, 1.165) is 49.3 Å². The zero-order chi connectivity index (χ0) is 21.5. The monoisotopic (exact) mass is 418 g/mol. The number of carbonyl (C=O) groups is 1. The molecule has 1 fully saturated rings. The Hall–Kier alpha value is -2.96. The lowest BCUT2D eigenvalue weighted by Gasteiger charge is -2.29. The summed E-state index contributed by atoms with van der Waals surface area (Å²) in [5.74, 6) is 0.0448. The summed E-state index contributed by atoms with van der Waals surface area (Å²) in [5, 5.41) is 17.0. The highest BCUT2D eigenvalue weighted by atomic mass is 16.3. The van der Waals surface area contributed by atoms with Crippen molar-refractivity contribution in [3.05, 3.63) is 83.7 Å². The molecule has 2 heterocycles. The lowest BCUT2D eigenvalue weighted by Crippen LogP contribution is -2.35. The molecule has 0 atom stereocenters. The first-order chi connectivity index (χ1) is 15.2. The van der Waals surface area contributed by atoms with Gasteiger partial charge in [-0.05, 0) is 48.1 Å². The number of benzene rings is 2. The number of aromatic nitrogens is 2. The van der Waals surface area contributed by atoms with E-state index in [2.05, 4.69) is 39.6 Å². The van der Waals surface area contributed by atoms with Crippen LogP contribution in [0.3, 0.4) is 0 Å². The normalized spacial score (nSPS) is 15.1. The molecule has 1 aliphatic rings. The molecule has 6 heteroatoms. The number of aliphatic hydroxyl groups excluding tert-OH is 1. The van der Waals surface area contributed by atoms with Gasteiger partial charge >= 0.3 is 0 Å². The molecule has 0 saturated carbocycles. The van der Waals surface area contributed by atoms with Gasteiger partial charge in [0.1, 0.15) is 0 Å². The minimum atomic E-state index is -0.137. The number of hydrogen-bond donors (Lipinski definition) is 2. The fourth-order valence-electron chi connectivity index (χ4n) is 3.86. The van der Waals surface area contributed by atoms with Gasteiger partial charge in [-0.1, -0.05) is 42.5 Å². The van der Waals surface area contributed by atoms with Crippen molar-refractivity contribution in [2.75, 3.05) is 13.1 Å². The Morgan fingerprint density at radius 3 is 2.45 bits per heavy atom. The molecule has 0 bridgehead atoms. The molecule has 1 aromatic heterocycles. The summed E-state index contributed by atoms with van der Waals surface area (Å²) < 4.78 is 1.83. The van der Waals surface area contributed by atoms with E-state index in [-0.39, 0.29) is 12.0 Å². The fourth-order valence-corrected chi connectivity index (χ4v) is 3.86. The number of amides is 1. The topological polar surface area (TPSA) is 70.4 Å². The number of nitrogens with one attached hydrogen (secondary N) is 1. The summed E-state index contributed by atoms with van der Waals surface area (Å²) in [7, 11) is 0. The first-order valence-electron chi connectivity index (χ1n) is 11.0. The maximum atomic E-state index is 12.3. The van der Waals surface area contributed by atoms with Gasteiger partial charge in [0.05, 0.1) is 18.0 Å². The van der Waals surface area contributed by atoms with Gasteiger partial charge in [-0.3, -0.25) is 9.69 Å². The fraction of sp³-hybridized carbons (Fsp3) is 0.360. The number of aliphatic hydroxyl groups is 1. The van der Waals surface area contributed by atoms with E-state index in [1.807, 2.05) is 47.4 Å². The van der Waals surface area contributed by atoms with Gasteiger partial charge in [0.25, 0.3) is 0 Å². The Labute approximate surface area is 183 Å². The van der Waals surface area contributed by atoms with Crippen molar-refractivity contribution in [3.8, 4) is 5.69 Å². The van der Waals surface area contributed by atoms with Gasteiger partial charge in [-0.15, -0.1) is 0 Å². The number of aryl methyl sites for hydroxylation is 1. The minimum absolute atomic E-state index is 0.0448. The summed E-state index contributed by atoms with van der Waals surface area (Å²) in [6, 6.07) is 18.4.